The van der Waals surface area contributed by atoms with Crippen LogP contribution in [0.1, 0.15) is 55.4 Å². The van der Waals surface area contributed by atoms with Crippen LogP contribution in [-0.2, 0) is 33.2 Å². The number of rotatable bonds is 16. The van der Waals surface area contributed by atoms with E-state index in [0.29, 0.717) is 51.8 Å². The van der Waals surface area contributed by atoms with Crippen molar-refractivity contribution in [1.82, 2.24) is 0 Å². The maximum Gasteiger partial charge on any atom is 0.104 e. The van der Waals surface area contributed by atoms with Gasteiger partial charge in [-0.25, -0.2) is 0 Å². The molecule has 0 aliphatic carbocycles. The second kappa shape index (κ2) is 30.9. The van der Waals surface area contributed by atoms with Crippen LogP contribution >= 0.6 is 0 Å². The Bertz CT molecular complexity index is 480. The number of hydrogen-bond donors (Lipinski definition) is 0. The molecule has 0 saturated carbocycles. The molecule has 0 spiro atoms. The fourth-order valence-electron chi connectivity index (χ4n) is 2.06. The zero-order valence-corrected chi connectivity index (χ0v) is 25.1. The molecule has 2 aliphatic rings. The average Bonchev–Trinajstić information content (AvgIpc) is 3.76. The molecule has 2 heterocycles. The number of epoxide rings is 2. The lowest BCUT2D eigenvalue weighted by molar-refractivity contribution is -0.0928. The van der Waals surface area contributed by atoms with Crippen LogP contribution in [0.15, 0.2) is 50.6 Å². The third-order valence-corrected chi connectivity index (χ3v) is 3.87. The monoisotopic (exact) mass is 530 g/mol. The lowest BCUT2D eigenvalue weighted by Gasteiger charge is -2.21. The fraction of sp³-hybridized carbons (Fsp3) is 0.733. The summed E-state index contributed by atoms with van der Waals surface area (Å²) in [4.78, 5) is 0. The van der Waals surface area contributed by atoms with E-state index in [1.165, 1.54) is 0 Å². The molecule has 0 amide bonds. The van der Waals surface area contributed by atoms with Crippen molar-refractivity contribution in [2.45, 2.75) is 92.0 Å². The molecule has 0 bridgehead atoms. The van der Waals surface area contributed by atoms with Crippen molar-refractivity contribution in [3.8, 4) is 0 Å². The predicted octanol–water partition coefficient (Wildman–Crippen LogP) is 6.19. The van der Waals surface area contributed by atoms with E-state index in [1.54, 1.807) is 24.3 Å². The van der Waals surface area contributed by atoms with Gasteiger partial charge >= 0.3 is 0 Å². The summed E-state index contributed by atoms with van der Waals surface area (Å²) >= 11 is 0. The zero-order valence-electron chi connectivity index (χ0n) is 25.1. The predicted molar refractivity (Wildman–Crippen MR) is 155 cm³/mol. The molecule has 0 aromatic heterocycles. The quantitative estimate of drug-likeness (QED) is 0.174. The summed E-state index contributed by atoms with van der Waals surface area (Å²) in [6.07, 6.45) is 7.73. The van der Waals surface area contributed by atoms with Crippen molar-refractivity contribution < 1.29 is 33.2 Å². The molecule has 2 fully saturated rings. The Hall–Kier alpha value is -1.32. The van der Waals surface area contributed by atoms with Gasteiger partial charge in [0.15, 0.2) is 0 Å². The van der Waals surface area contributed by atoms with Gasteiger partial charge in [-0.15, -0.1) is 26.3 Å². The lowest BCUT2D eigenvalue weighted by Crippen LogP contribution is -2.28. The second-order valence-corrected chi connectivity index (χ2v) is 8.66. The normalized spacial score (nSPS) is 19.6. The van der Waals surface area contributed by atoms with Gasteiger partial charge in [0.05, 0.1) is 77.3 Å². The Morgan fingerprint density at radius 1 is 0.568 bits per heavy atom. The Kier molecular flexibility index (Phi) is 33.6. The van der Waals surface area contributed by atoms with Gasteiger partial charge in [-0.2, -0.15) is 0 Å². The summed E-state index contributed by atoms with van der Waals surface area (Å²) in [6.45, 7) is 34.2. The first-order chi connectivity index (χ1) is 17.7. The van der Waals surface area contributed by atoms with Crippen LogP contribution in [0.25, 0.3) is 0 Å². The smallest absolute Gasteiger partial charge is 0.104 e. The average molecular weight is 531 g/mol. The largest absolute Gasteiger partial charge is 0.376 e. The van der Waals surface area contributed by atoms with Crippen molar-refractivity contribution in [3.05, 3.63) is 50.6 Å². The Balaban J connectivity index is -0.000000817. The van der Waals surface area contributed by atoms with Crippen LogP contribution in [0, 0.1) is 0 Å². The van der Waals surface area contributed by atoms with Crippen molar-refractivity contribution in [1.29, 1.82) is 0 Å². The van der Waals surface area contributed by atoms with E-state index in [0.717, 1.165) is 13.2 Å². The SMILES string of the molecule is C=CC.C=CC.C=CC.C=CC.CC(COCC1CO1)OCC(C)OCC(C)OCC(C)OCC1CO1. The summed E-state index contributed by atoms with van der Waals surface area (Å²) in [5.41, 5.74) is 0. The molecule has 0 aromatic carbocycles. The van der Waals surface area contributed by atoms with Crippen molar-refractivity contribution >= 4 is 0 Å². The number of ether oxygens (including phenoxy) is 7. The third-order valence-electron chi connectivity index (χ3n) is 3.87. The van der Waals surface area contributed by atoms with Gasteiger partial charge in [0.1, 0.15) is 12.2 Å². The Morgan fingerprint density at radius 3 is 1.16 bits per heavy atom. The van der Waals surface area contributed by atoms with Crippen molar-refractivity contribution in [3.63, 3.8) is 0 Å². The highest BCUT2D eigenvalue weighted by Gasteiger charge is 2.24. The van der Waals surface area contributed by atoms with E-state index in [2.05, 4.69) is 26.3 Å². The molecule has 2 saturated heterocycles. The minimum absolute atomic E-state index is 0.0148. The highest BCUT2D eigenvalue weighted by molar-refractivity contribution is 4.68. The van der Waals surface area contributed by atoms with E-state index in [-0.39, 0.29) is 24.4 Å². The fourth-order valence-corrected chi connectivity index (χ4v) is 2.06. The second-order valence-electron chi connectivity index (χ2n) is 8.66. The van der Waals surface area contributed by atoms with Gasteiger partial charge in [-0.1, -0.05) is 24.3 Å². The third kappa shape index (κ3) is 39.3. The maximum atomic E-state index is 5.78. The van der Waals surface area contributed by atoms with Crippen molar-refractivity contribution in [2.24, 2.45) is 0 Å². The highest BCUT2D eigenvalue weighted by Crippen LogP contribution is 2.11. The number of allylic oxidation sites excluding steroid dienone is 4. The summed E-state index contributed by atoms with van der Waals surface area (Å²) < 4.78 is 38.6. The summed E-state index contributed by atoms with van der Waals surface area (Å²) in [6, 6.07) is 0. The maximum absolute atomic E-state index is 5.78. The van der Waals surface area contributed by atoms with Gasteiger partial charge in [-0.05, 0) is 55.4 Å². The van der Waals surface area contributed by atoms with Crippen molar-refractivity contribution in [2.75, 3.05) is 52.9 Å². The van der Waals surface area contributed by atoms with Crippen LogP contribution in [0.3, 0.4) is 0 Å². The molecule has 37 heavy (non-hydrogen) atoms. The standard InChI is InChI=1S/C18H34O7.4C3H6/c1-13(5-19-9-17-11-24-17)20-6-14(2)21-7-15(3)22-8-16(4)23-10-18-12-25-18;4*1-3-2/h13-18H,5-12H2,1-4H3;4*3H,1H2,2H3. The summed E-state index contributed by atoms with van der Waals surface area (Å²) in [7, 11) is 0. The first kappa shape index (κ1) is 40.2. The zero-order chi connectivity index (χ0) is 28.9. The van der Waals surface area contributed by atoms with Gasteiger partial charge in [0.25, 0.3) is 0 Å². The van der Waals surface area contributed by atoms with E-state index >= 15 is 0 Å². The van der Waals surface area contributed by atoms with E-state index in [4.69, 9.17) is 33.2 Å². The first-order valence-corrected chi connectivity index (χ1v) is 13.2. The molecule has 6 unspecified atom stereocenters. The molecule has 220 valence electrons. The van der Waals surface area contributed by atoms with Crippen LogP contribution in [0.4, 0.5) is 0 Å². The van der Waals surface area contributed by atoms with E-state index in [1.807, 2.05) is 55.4 Å². The van der Waals surface area contributed by atoms with Crippen LogP contribution < -0.4 is 0 Å². The van der Waals surface area contributed by atoms with E-state index < -0.39 is 0 Å². The van der Waals surface area contributed by atoms with Gasteiger partial charge in [0.2, 0.25) is 0 Å². The highest BCUT2D eigenvalue weighted by atomic mass is 16.6. The molecular weight excluding hydrogens is 472 g/mol. The first-order valence-electron chi connectivity index (χ1n) is 13.2. The van der Waals surface area contributed by atoms with E-state index in [9.17, 15) is 0 Å². The molecule has 0 N–H and O–H groups in total. The molecule has 7 nitrogen and oxygen atoms in total. The summed E-state index contributed by atoms with van der Waals surface area (Å²) in [5.74, 6) is 0. The molecule has 0 radical (unpaired) electrons. The van der Waals surface area contributed by atoms with Gasteiger partial charge in [0, 0.05) is 0 Å². The topological polar surface area (TPSA) is 71.2 Å². The minimum atomic E-state index is 0.0148. The molecule has 7 heteroatoms. The lowest BCUT2D eigenvalue weighted by atomic mass is 10.3. The molecule has 2 rings (SSSR count). The Labute approximate surface area is 228 Å². The Morgan fingerprint density at radius 2 is 0.838 bits per heavy atom. The van der Waals surface area contributed by atoms with Gasteiger partial charge in [-0.3, -0.25) is 0 Å². The van der Waals surface area contributed by atoms with Crippen LogP contribution in [-0.4, -0.2) is 89.5 Å². The number of hydrogen-bond acceptors (Lipinski definition) is 7. The van der Waals surface area contributed by atoms with Crippen LogP contribution in [0.5, 0.6) is 0 Å². The minimum Gasteiger partial charge on any atom is -0.376 e. The molecular formula is C30H58O7. The molecule has 6 atom stereocenters. The van der Waals surface area contributed by atoms with Gasteiger partial charge < -0.3 is 33.2 Å². The molecule has 2 aliphatic heterocycles. The van der Waals surface area contributed by atoms with Crippen LogP contribution in [0.2, 0.25) is 0 Å². The summed E-state index contributed by atoms with van der Waals surface area (Å²) in [5, 5.41) is 0. The molecule has 0 aromatic rings.